The number of hydrogen-bond acceptors (Lipinski definition) is 1. The van der Waals surface area contributed by atoms with Crippen molar-refractivity contribution >= 4 is 6.29 Å². The first-order valence-electron chi connectivity index (χ1n) is 4.70. The summed E-state index contributed by atoms with van der Waals surface area (Å²) >= 11 is 0. The van der Waals surface area contributed by atoms with Crippen molar-refractivity contribution in [2.45, 2.75) is 24.2 Å². The van der Waals surface area contributed by atoms with Crippen molar-refractivity contribution in [3.05, 3.63) is 35.4 Å². The van der Waals surface area contributed by atoms with E-state index >= 15 is 0 Å². The van der Waals surface area contributed by atoms with E-state index in [1.165, 1.54) is 24.3 Å². The molecule has 0 aromatic heterocycles. The van der Waals surface area contributed by atoms with Gasteiger partial charge in [0, 0.05) is 12.0 Å². The van der Waals surface area contributed by atoms with Gasteiger partial charge in [0.05, 0.1) is 5.92 Å². The van der Waals surface area contributed by atoms with Crippen molar-refractivity contribution < 1.29 is 22.4 Å². The van der Waals surface area contributed by atoms with Gasteiger partial charge in [-0.05, 0) is 5.56 Å². The molecule has 0 bridgehead atoms. The van der Waals surface area contributed by atoms with Crippen molar-refractivity contribution in [3.8, 4) is 0 Å². The predicted octanol–water partition coefficient (Wildman–Crippen LogP) is 3.26. The minimum atomic E-state index is -4.06. The number of halogens is 4. The third kappa shape index (κ3) is 1.34. The molecule has 5 heteroatoms. The molecule has 0 amide bonds. The molecule has 1 saturated carbocycles. The van der Waals surface area contributed by atoms with Crippen molar-refractivity contribution in [1.29, 1.82) is 0 Å². The SMILES string of the molecule is O=Cc1ccccc1C1CC(F)(F)C1(F)F. The van der Waals surface area contributed by atoms with Gasteiger partial charge in [0.1, 0.15) is 6.29 Å². The van der Waals surface area contributed by atoms with Crippen LogP contribution < -0.4 is 0 Å². The maximum atomic E-state index is 13.1. The van der Waals surface area contributed by atoms with Crippen LogP contribution in [0.4, 0.5) is 17.6 Å². The van der Waals surface area contributed by atoms with Crippen LogP contribution in [0.1, 0.15) is 28.3 Å². The van der Waals surface area contributed by atoms with Crippen LogP contribution in [0, 0.1) is 0 Å². The second-order valence-electron chi connectivity index (χ2n) is 3.83. The quantitative estimate of drug-likeness (QED) is 0.565. The molecule has 16 heavy (non-hydrogen) atoms. The van der Waals surface area contributed by atoms with E-state index in [0.717, 1.165) is 0 Å². The molecule has 2 rings (SSSR count). The molecular weight excluding hydrogens is 224 g/mol. The van der Waals surface area contributed by atoms with Gasteiger partial charge < -0.3 is 0 Å². The van der Waals surface area contributed by atoms with Crippen LogP contribution in [-0.4, -0.2) is 18.1 Å². The largest absolute Gasteiger partial charge is 0.317 e. The third-order valence-corrected chi connectivity index (χ3v) is 2.88. The Morgan fingerprint density at radius 3 is 2.31 bits per heavy atom. The van der Waals surface area contributed by atoms with E-state index in [0.29, 0.717) is 6.29 Å². The van der Waals surface area contributed by atoms with Crippen molar-refractivity contribution in [2.24, 2.45) is 0 Å². The number of benzene rings is 1. The topological polar surface area (TPSA) is 17.1 Å². The van der Waals surface area contributed by atoms with Gasteiger partial charge in [-0.2, -0.15) is 17.6 Å². The molecule has 0 heterocycles. The van der Waals surface area contributed by atoms with E-state index in [4.69, 9.17) is 0 Å². The number of carbonyl (C=O) groups is 1. The standard InChI is InChI=1S/C11H8F4O/c12-10(13)5-9(11(10,14)15)8-4-2-1-3-7(8)6-16/h1-4,6,9H,5H2. The van der Waals surface area contributed by atoms with Gasteiger partial charge in [0.2, 0.25) is 0 Å². The molecular formula is C11H8F4O. The number of rotatable bonds is 2. The fourth-order valence-corrected chi connectivity index (χ4v) is 1.89. The van der Waals surface area contributed by atoms with Gasteiger partial charge in [-0.1, -0.05) is 24.3 Å². The van der Waals surface area contributed by atoms with Crippen LogP contribution in [0.3, 0.4) is 0 Å². The molecule has 1 unspecified atom stereocenters. The van der Waals surface area contributed by atoms with E-state index in [2.05, 4.69) is 0 Å². The third-order valence-electron chi connectivity index (χ3n) is 2.88. The lowest BCUT2D eigenvalue weighted by molar-refractivity contribution is -0.290. The van der Waals surface area contributed by atoms with Gasteiger partial charge in [-0.3, -0.25) is 4.79 Å². The summed E-state index contributed by atoms with van der Waals surface area (Å²) in [6, 6.07) is 5.59. The molecule has 86 valence electrons. The van der Waals surface area contributed by atoms with E-state index in [1.807, 2.05) is 0 Å². The van der Waals surface area contributed by atoms with Crippen LogP contribution in [0.2, 0.25) is 0 Å². The number of hydrogen-bond donors (Lipinski definition) is 0. The van der Waals surface area contributed by atoms with Crippen LogP contribution in [0.25, 0.3) is 0 Å². The first-order chi connectivity index (χ1) is 7.40. The normalized spacial score (nSPS) is 25.9. The smallest absolute Gasteiger partial charge is 0.298 e. The molecule has 0 N–H and O–H groups in total. The van der Waals surface area contributed by atoms with E-state index in [1.54, 1.807) is 0 Å². The number of carbonyl (C=O) groups excluding carboxylic acids is 1. The summed E-state index contributed by atoms with van der Waals surface area (Å²) in [4.78, 5) is 10.6. The van der Waals surface area contributed by atoms with E-state index < -0.39 is 24.2 Å². The summed E-state index contributed by atoms with van der Waals surface area (Å²) in [7, 11) is 0. The molecule has 1 fully saturated rings. The fraction of sp³-hybridized carbons (Fsp3) is 0.364. The molecule has 0 aliphatic heterocycles. The maximum absolute atomic E-state index is 13.1. The molecule has 0 saturated heterocycles. The van der Waals surface area contributed by atoms with Crippen molar-refractivity contribution in [2.75, 3.05) is 0 Å². The van der Waals surface area contributed by atoms with E-state index in [-0.39, 0.29) is 11.1 Å². The number of alkyl halides is 4. The fourth-order valence-electron chi connectivity index (χ4n) is 1.89. The molecule has 1 nitrogen and oxygen atoms in total. The van der Waals surface area contributed by atoms with Crippen molar-refractivity contribution in [1.82, 2.24) is 0 Å². The zero-order valence-corrected chi connectivity index (χ0v) is 8.09. The van der Waals surface area contributed by atoms with Crippen molar-refractivity contribution in [3.63, 3.8) is 0 Å². The van der Waals surface area contributed by atoms with E-state index in [9.17, 15) is 22.4 Å². The Kier molecular flexibility index (Phi) is 2.29. The Bertz CT molecular complexity index is 428. The highest BCUT2D eigenvalue weighted by molar-refractivity contribution is 5.77. The lowest BCUT2D eigenvalue weighted by Gasteiger charge is -2.44. The molecule has 1 aromatic rings. The Labute approximate surface area is 89.1 Å². The predicted molar refractivity (Wildman–Crippen MR) is 49.1 cm³/mol. The molecule has 1 aliphatic rings. The van der Waals surface area contributed by atoms with Gasteiger partial charge in [0.15, 0.2) is 0 Å². The average molecular weight is 232 g/mol. The summed E-state index contributed by atoms with van der Waals surface area (Å²) in [6.07, 6.45) is -0.507. The summed E-state index contributed by atoms with van der Waals surface area (Å²) in [5.41, 5.74) is 0.0381. The second kappa shape index (κ2) is 3.30. The van der Waals surface area contributed by atoms with Crippen LogP contribution in [0.5, 0.6) is 0 Å². The zero-order valence-electron chi connectivity index (χ0n) is 8.09. The minimum absolute atomic E-state index is 0.00609. The highest BCUT2D eigenvalue weighted by Gasteiger charge is 2.72. The van der Waals surface area contributed by atoms with Crippen LogP contribution in [-0.2, 0) is 0 Å². The average Bonchev–Trinajstić information content (AvgIpc) is 2.26. The lowest BCUT2D eigenvalue weighted by Crippen LogP contribution is -2.57. The summed E-state index contributed by atoms with van der Waals surface area (Å²) in [6.45, 7) is 0. The van der Waals surface area contributed by atoms with Crippen LogP contribution >= 0.6 is 0 Å². The Hall–Kier alpha value is -1.39. The minimum Gasteiger partial charge on any atom is -0.298 e. The molecule has 1 aromatic carbocycles. The summed E-state index contributed by atoms with van der Waals surface area (Å²) in [5.74, 6) is -9.59. The Morgan fingerprint density at radius 2 is 1.81 bits per heavy atom. The summed E-state index contributed by atoms with van der Waals surface area (Å²) < 4.78 is 51.5. The monoisotopic (exact) mass is 232 g/mol. The highest BCUT2D eigenvalue weighted by Crippen LogP contribution is 2.60. The highest BCUT2D eigenvalue weighted by atomic mass is 19.3. The van der Waals surface area contributed by atoms with Gasteiger partial charge in [-0.15, -0.1) is 0 Å². The summed E-state index contributed by atoms with van der Waals surface area (Å²) in [5, 5.41) is 0. The maximum Gasteiger partial charge on any atom is 0.317 e. The number of aldehydes is 1. The second-order valence-corrected chi connectivity index (χ2v) is 3.83. The molecule has 1 aliphatic carbocycles. The Balaban J connectivity index is 2.38. The molecule has 0 radical (unpaired) electrons. The first-order valence-corrected chi connectivity index (χ1v) is 4.70. The van der Waals surface area contributed by atoms with Gasteiger partial charge >= 0.3 is 11.8 Å². The zero-order chi connectivity index (χ0) is 12.0. The van der Waals surface area contributed by atoms with Gasteiger partial charge in [0.25, 0.3) is 0 Å². The Morgan fingerprint density at radius 1 is 1.19 bits per heavy atom. The molecule has 0 spiro atoms. The lowest BCUT2D eigenvalue weighted by atomic mass is 9.71. The van der Waals surface area contributed by atoms with Gasteiger partial charge in [-0.25, -0.2) is 0 Å². The van der Waals surface area contributed by atoms with Crippen LogP contribution in [0.15, 0.2) is 24.3 Å². The first kappa shape index (κ1) is 11.1. The molecule has 1 atom stereocenters.